The molecule has 1 aromatic carbocycles. The number of carbonyl (C=O) groups excluding carboxylic acids is 3. The van der Waals surface area contributed by atoms with Gasteiger partial charge in [-0.3, -0.25) is 19.1 Å². The van der Waals surface area contributed by atoms with Crippen LogP contribution in [0.25, 0.3) is 0 Å². The first-order valence-electron chi connectivity index (χ1n) is 9.74. The Morgan fingerprint density at radius 1 is 1.10 bits per heavy atom. The van der Waals surface area contributed by atoms with Crippen molar-refractivity contribution in [2.45, 2.75) is 27.3 Å². The smallest absolute Gasteiger partial charge is 0.328 e. The third-order valence-electron chi connectivity index (χ3n) is 5.07. The van der Waals surface area contributed by atoms with Crippen LogP contribution >= 0.6 is 0 Å². The number of aryl methyl sites for hydroxylation is 2. The largest absolute Gasteiger partial charge is 0.454 e. The molecule has 0 saturated carbocycles. The van der Waals surface area contributed by atoms with Crippen LogP contribution in [0.5, 0.6) is 0 Å². The fourth-order valence-corrected chi connectivity index (χ4v) is 3.42. The number of nitrogens with zero attached hydrogens (tertiary/aromatic N) is 4. The molecule has 0 atom stereocenters. The summed E-state index contributed by atoms with van der Waals surface area (Å²) in [5.41, 5.74) is 2.38. The van der Waals surface area contributed by atoms with Crippen molar-refractivity contribution in [1.82, 2.24) is 14.7 Å². The van der Waals surface area contributed by atoms with E-state index in [4.69, 9.17) is 4.74 Å². The average Bonchev–Trinajstić information content (AvgIpc) is 3.02. The zero-order chi connectivity index (χ0) is 21.8. The Morgan fingerprint density at radius 2 is 1.80 bits per heavy atom. The van der Waals surface area contributed by atoms with Gasteiger partial charge in [-0.25, -0.2) is 4.39 Å². The maximum atomic E-state index is 14.3. The van der Waals surface area contributed by atoms with E-state index in [1.807, 2.05) is 24.8 Å². The van der Waals surface area contributed by atoms with E-state index in [2.05, 4.69) is 5.10 Å². The van der Waals surface area contributed by atoms with Gasteiger partial charge in [0.2, 0.25) is 0 Å². The molecule has 2 heterocycles. The fraction of sp³-hybridized carbons (Fsp3) is 0.429. The molecule has 9 heteroatoms. The van der Waals surface area contributed by atoms with Crippen LogP contribution in [-0.2, 0) is 20.9 Å². The minimum atomic E-state index is -0.527. The fourth-order valence-electron chi connectivity index (χ4n) is 3.42. The number of ether oxygens (including phenoxy) is 1. The normalized spacial score (nSPS) is 14.0. The van der Waals surface area contributed by atoms with E-state index < -0.39 is 11.8 Å². The van der Waals surface area contributed by atoms with Crippen LogP contribution in [0.1, 0.15) is 28.7 Å². The molecule has 1 saturated heterocycles. The van der Waals surface area contributed by atoms with E-state index in [0.717, 1.165) is 11.4 Å². The zero-order valence-corrected chi connectivity index (χ0v) is 17.4. The van der Waals surface area contributed by atoms with Crippen LogP contribution in [0.4, 0.5) is 10.1 Å². The van der Waals surface area contributed by atoms with Gasteiger partial charge in [-0.15, -0.1) is 0 Å². The molecule has 0 bridgehead atoms. The number of amides is 1. The van der Waals surface area contributed by atoms with E-state index >= 15 is 0 Å². The molecule has 0 N–H and O–H groups in total. The van der Waals surface area contributed by atoms with Gasteiger partial charge in [-0.2, -0.15) is 5.10 Å². The maximum Gasteiger partial charge on any atom is 0.328 e. The number of Topliss-reactive ketones (excluding diaryl/α,β-unsaturated/α-hetero) is 1. The molecule has 3 rings (SSSR count). The SMILES string of the molecule is CC(=O)c1ccc(N2CCN(C(=O)COC(=O)Cn3nc(C)cc3C)CC2)c(F)c1. The van der Waals surface area contributed by atoms with Crippen molar-refractivity contribution in [2.24, 2.45) is 0 Å². The monoisotopic (exact) mass is 416 g/mol. The molecule has 1 aromatic heterocycles. The van der Waals surface area contributed by atoms with Crippen LogP contribution in [0.15, 0.2) is 24.3 Å². The summed E-state index contributed by atoms with van der Waals surface area (Å²) in [6, 6.07) is 6.27. The molecule has 1 aliphatic heterocycles. The third-order valence-corrected chi connectivity index (χ3v) is 5.07. The second kappa shape index (κ2) is 9.06. The number of hydrogen-bond acceptors (Lipinski definition) is 6. The van der Waals surface area contributed by atoms with E-state index in [0.29, 0.717) is 37.4 Å². The Morgan fingerprint density at radius 3 is 2.37 bits per heavy atom. The highest BCUT2D eigenvalue weighted by atomic mass is 19.1. The highest BCUT2D eigenvalue weighted by Crippen LogP contribution is 2.22. The number of piperazine rings is 1. The predicted molar refractivity (Wildman–Crippen MR) is 108 cm³/mol. The van der Waals surface area contributed by atoms with Gasteiger partial charge in [0.25, 0.3) is 5.91 Å². The van der Waals surface area contributed by atoms with Crippen LogP contribution in [0, 0.1) is 19.7 Å². The van der Waals surface area contributed by atoms with Crippen molar-refractivity contribution in [3.05, 3.63) is 47.0 Å². The zero-order valence-electron chi connectivity index (χ0n) is 17.4. The maximum absolute atomic E-state index is 14.3. The highest BCUT2D eigenvalue weighted by molar-refractivity contribution is 5.94. The number of ketones is 1. The predicted octanol–water partition coefficient (Wildman–Crippen LogP) is 1.73. The van der Waals surface area contributed by atoms with E-state index in [1.54, 1.807) is 17.0 Å². The third kappa shape index (κ3) is 5.03. The van der Waals surface area contributed by atoms with Crippen molar-refractivity contribution in [3.63, 3.8) is 0 Å². The lowest BCUT2D eigenvalue weighted by atomic mass is 10.1. The van der Waals surface area contributed by atoms with Crippen LogP contribution in [0.3, 0.4) is 0 Å². The number of rotatable bonds is 6. The van der Waals surface area contributed by atoms with Crippen LogP contribution < -0.4 is 4.90 Å². The van der Waals surface area contributed by atoms with Crippen LogP contribution in [-0.4, -0.2) is 65.1 Å². The van der Waals surface area contributed by atoms with Gasteiger partial charge >= 0.3 is 5.97 Å². The summed E-state index contributed by atoms with van der Waals surface area (Å²) in [6.45, 7) is 6.36. The number of aromatic nitrogens is 2. The van der Waals surface area contributed by atoms with Crippen molar-refractivity contribution in [1.29, 1.82) is 0 Å². The van der Waals surface area contributed by atoms with E-state index in [9.17, 15) is 18.8 Å². The molecule has 0 radical (unpaired) electrons. The molecular formula is C21H25FN4O4. The molecule has 1 fully saturated rings. The first-order chi connectivity index (χ1) is 14.2. The average molecular weight is 416 g/mol. The molecule has 1 amide bonds. The lowest BCUT2D eigenvalue weighted by Gasteiger charge is -2.36. The topological polar surface area (TPSA) is 84.7 Å². The molecule has 0 unspecified atom stereocenters. The van der Waals surface area contributed by atoms with Gasteiger partial charge in [0.15, 0.2) is 12.4 Å². The number of carbonyl (C=O) groups is 3. The minimum absolute atomic E-state index is 0.0454. The number of halogens is 1. The number of hydrogen-bond donors (Lipinski definition) is 0. The second-order valence-electron chi connectivity index (χ2n) is 7.34. The van der Waals surface area contributed by atoms with Gasteiger partial charge in [-0.1, -0.05) is 0 Å². The summed E-state index contributed by atoms with van der Waals surface area (Å²) < 4.78 is 21.0. The molecule has 8 nitrogen and oxygen atoms in total. The molecule has 0 aliphatic carbocycles. The minimum Gasteiger partial charge on any atom is -0.454 e. The van der Waals surface area contributed by atoms with Gasteiger partial charge < -0.3 is 14.5 Å². The summed E-state index contributed by atoms with van der Waals surface area (Å²) in [5.74, 6) is -1.46. The Hall–Kier alpha value is -3.23. The van der Waals surface area contributed by atoms with Crippen molar-refractivity contribution < 1.29 is 23.5 Å². The first-order valence-corrected chi connectivity index (χ1v) is 9.74. The molecular weight excluding hydrogens is 391 g/mol. The molecule has 2 aromatic rings. The molecule has 30 heavy (non-hydrogen) atoms. The number of benzene rings is 1. The lowest BCUT2D eigenvalue weighted by molar-refractivity contribution is -0.152. The summed E-state index contributed by atoms with van der Waals surface area (Å²) >= 11 is 0. The molecule has 1 aliphatic rings. The van der Waals surface area contributed by atoms with Gasteiger partial charge in [0.05, 0.1) is 11.4 Å². The van der Waals surface area contributed by atoms with Crippen molar-refractivity contribution >= 4 is 23.3 Å². The van der Waals surface area contributed by atoms with Gasteiger partial charge in [0.1, 0.15) is 12.4 Å². The first kappa shape index (κ1) is 21.5. The number of anilines is 1. The van der Waals surface area contributed by atoms with Crippen molar-refractivity contribution in [2.75, 3.05) is 37.7 Å². The number of esters is 1. The van der Waals surface area contributed by atoms with Crippen molar-refractivity contribution in [3.8, 4) is 0 Å². The Bertz CT molecular complexity index is 964. The van der Waals surface area contributed by atoms with Crippen LogP contribution in [0.2, 0.25) is 0 Å². The standard InChI is InChI=1S/C21H25FN4O4/c1-14-10-15(2)26(23-14)12-21(29)30-13-20(28)25-8-6-24(7-9-25)19-5-4-17(16(3)27)11-18(19)22/h4-5,10-11H,6-9,12-13H2,1-3H3. The molecule has 0 spiro atoms. The Kier molecular flexibility index (Phi) is 6.49. The van der Waals surface area contributed by atoms with E-state index in [1.165, 1.54) is 17.7 Å². The van der Waals surface area contributed by atoms with Gasteiger partial charge in [-0.05, 0) is 45.0 Å². The lowest BCUT2D eigenvalue weighted by Crippen LogP contribution is -2.50. The van der Waals surface area contributed by atoms with E-state index in [-0.39, 0.29) is 24.8 Å². The van der Waals surface area contributed by atoms with Gasteiger partial charge in [0, 0.05) is 37.4 Å². The summed E-state index contributed by atoms with van der Waals surface area (Å²) in [6.07, 6.45) is 0. The summed E-state index contributed by atoms with van der Waals surface area (Å²) in [7, 11) is 0. The summed E-state index contributed by atoms with van der Waals surface area (Å²) in [4.78, 5) is 39.1. The Labute approximate surface area is 174 Å². The Balaban J connectivity index is 1.47. The summed E-state index contributed by atoms with van der Waals surface area (Å²) in [5, 5.41) is 4.19. The molecule has 160 valence electrons. The highest BCUT2D eigenvalue weighted by Gasteiger charge is 2.24. The quantitative estimate of drug-likeness (QED) is 0.527. The second-order valence-corrected chi connectivity index (χ2v) is 7.34.